The Labute approximate surface area is 93.4 Å². The number of rotatable bonds is 2. The third-order valence-corrected chi connectivity index (χ3v) is 2.08. The van der Waals surface area contributed by atoms with Gasteiger partial charge < -0.3 is 10.1 Å². The van der Waals surface area contributed by atoms with Crippen LogP contribution in [-0.2, 0) is 0 Å². The van der Waals surface area contributed by atoms with Gasteiger partial charge in [-0.3, -0.25) is 0 Å². The molecule has 4 nitrogen and oxygen atoms in total. The molecule has 0 spiro atoms. The molecule has 1 fully saturated rings. The molecule has 0 aliphatic carbocycles. The van der Waals surface area contributed by atoms with Gasteiger partial charge in [-0.05, 0) is 13.0 Å². The predicted octanol–water partition coefficient (Wildman–Crippen LogP) is 1.29. The maximum absolute atomic E-state index is 5.64. The second-order valence-corrected chi connectivity index (χ2v) is 3.35. The van der Waals surface area contributed by atoms with Crippen LogP contribution in [-0.4, -0.2) is 29.2 Å². The fourth-order valence-electron chi connectivity index (χ4n) is 1.24. The van der Waals surface area contributed by atoms with E-state index in [0.717, 1.165) is 19.5 Å². The van der Waals surface area contributed by atoms with Gasteiger partial charge in [0.15, 0.2) is 0 Å². The molecule has 0 amide bonds. The summed E-state index contributed by atoms with van der Waals surface area (Å²) in [6, 6.07) is 0.401. The SMILES string of the molecule is Cl.Clc1cnc(OC2CCNC2)nc1. The minimum absolute atomic E-state index is 0. The number of ether oxygens (including phenoxy) is 1. The molecular formula is C8H11Cl2N3O. The zero-order chi connectivity index (χ0) is 9.10. The van der Waals surface area contributed by atoms with Crippen molar-refractivity contribution in [3.8, 4) is 6.01 Å². The Morgan fingerprint density at radius 1 is 1.43 bits per heavy atom. The highest BCUT2D eigenvalue weighted by Crippen LogP contribution is 2.11. The van der Waals surface area contributed by atoms with Crippen molar-refractivity contribution in [1.82, 2.24) is 15.3 Å². The minimum Gasteiger partial charge on any atom is -0.459 e. The van der Waals surface area contributed by atoms with E-state index in [1.807, 2.05) is 0 Å². The van der Waals surface area contributed by atoms with E-state index in [1.165, 1.54) is 12.4 Å². The van der Waals surface area contributed by atoms with Crippen LogP contribution >= 0.6 is 24.0 Å². The molecule has 0 aromatic carbocycles. The molecule has 1 atom stereocenters. The van der Waals surface area contributed by atoms with E-state index in [0.29, 0.717) is 11.0 Å². The van der Waals surface area contributed by atoms with Crippen LogP contribution in [0.4, 0.5) is 0 Å². The van der Waals surface area contributed by atoms with E-state index in [9.17, 15) is 0 Å². The van der Waals surface area contributed by atoms with Crippen molar-refractivity contribution in [2.45, 2.75) is 12.5 Å². The summed E-state index contributed by atoms with van der Waals surface area (Å²) in [5, 5.41) is 3.72. The fourth-order valence-corrected chi connectivity index (χ4v) is 1.34. The van der Waals surface area contributed by atoms with E-state index >= 15 is 0 Å². The highest BCUT2D eigenvalue weighted by molar-refractivity contribution is 6.30. The Morgan fingerprint density at radius 3 is 2.71 bits per heavy atom. The Morgan fingerprint density at radius 2 is 2.14 bits per heavy atom. The van der Waals surface area contributed by atoms with Gasteiger partial charge in [-0.15, -0.1) is 12.4 Å². The van der Waals surface area contributed by atoms with Crippen LogP contribution in [0.1, 0.15) is 6.42 Å². The molecule has 1 aromatic heterocycles. The fraction of sp³-hybridized carbons (Fsp3) is 0.500. The number of hydrogen-bond acceptors (Lipinski definition) is 4. The lowest BCUT2D eigenvalue weighted by Gasteiger charge is -2.09. The number of halogens is 2. The van der Waals surface area contributed by atoms with Crippen LogP contribution in [0.2, 0.25) is 5.02 Å². The summed E-state index contributed by atoms with van der Waals surface area (Å²) >= 11 is 5.64. The maximum Gasteiger partial charge on any atom is 0.316 e. The normalized spacial score (nSPS) is 20.2. The third kappa shape index (κ3) is 2.97. The molecular weight excluding hydrogens is 225 g/mol. The molecule has 1 unspecified atom stereocenters. The van der Waals surface area contributed by atoms with Crippen molar-refractivity contribution in [2.75, 3.05) is 13.1 Å². The van der Waals surface area contributed by atoms with E-state index in [-0.39, 0.29) is 18.5 Å². The molecule has 6 heteroatoms. The molecule has 1 aliphatic rings. The minimum atomic E-state index is 0. The standard InChI is InChI=1S/C8H10ClN3O.ClH/c9-6-3-11-8(12-4-6)13-7-1-2-10-5-7;/h3-4,7,10H,1-2,5H2;1H. The second-order valence-electron chi connectivity index (χ2n) is 2.92. The Balaban J connectivity index is 0.000000980. The first-order valence-corrected chi connectivity index (χ1v) is 4.57. The van der Waals surface area contributed by atoms with Crippen molar-refractivity contribution in [2.24, 2.45) is 0 Å². The molecule has 1 aliphatic heterocycles. The summed E-state index contributed by atoms with van der Waals surface area (Å²) < 4.78 is 5.49. The van der Waals surface area contributed by atoms with Crippen LogP contribution in [0.3, 0.4) is 0 Å². The van der Waals surface area contributed by atoms with Gasteiger partial charge in [0.05, 0.1) is 17.4 Å². The molecule has 1 N–H and O–H groups in total. The third-order valence-electron chi connectivity index (χ3n) is 1.88. The molecule has 0 radical (unpaired) electrons. The van der Waals surface area contributed by atoms with Crippen LogP contribution in [0.5, 0.6) is 6.01 Å². The van der Waals surface area contributed by atoms with Crippen molar-refractivity contribution < 1.29 is 4.74 Å². The Bertz CT molecular complexity index is 274. The molecule has 2 heterocycles. The second kappa shape index (κ2) is 5.34. The lowest BCUT2D eigenvalue weighted by atomic mass is 10.3. The average molecular weight is 236 g/mol. The van der Waals surface area contributed by atoms with Gasteiger partial charge in [0, 0.05) is 6.54 Å². The molecule has 0 saturated carbocycles. The van der Waals surface area contributed by atoms with Gasteiger partial charge in [-0.2, -0.15) is 0 Å². The smallest absolute Gasteiger partial charge is 0.316 e. The summed E-state index contributed by atoms with van der Waals surface area (Å²) in [4.78, 5) is 7.90. The Hall–Kier alpha value is -0.580. The van der Waals surface area contributed by atoms with E-state index < -0.39 is 0 Å². The molecule has 14 heavy (non-hydrogen) atoms. The summed E-state index contributed by atoms with van der Waals surface area (Å²) in [6.07, 6.45) is 4.27. The monoisotopic (exact) mass is 235 g/mol. The van der Waals surface area contributed by atoms with E-state index in [4.69, 9.17) is 16.3 Å². The molecule has 0 bridgehead atoms. The average Bonchev–Trinajstić information content (AvgIpc) is 2.62. The summed E-state index contributed by atoms with van der Waals surface area (Å²) in [7, 11) is 0. The summed E-state index contributed by atoms with van der Waals surface area (Å²) in [5.41, 5.74) is 0. The van der Waals surface area contributed by atoms with E-state index in [1.54, 1.807) is 0 Å². The number of nitrogens with zero attached hydrogens (tertiary/aromatic N) is 2. The lowest BCUT2D eigenvalue weighted by molar-refractivity contribution is 0.204. The van der Waals surface area contributed by atoms with Crippen molar-refractivity contribution >= 4 is 24.0 Å². The lowest BCUT2D eigenvalue weighted by Crippen LogP contribution is -2.20. The van der Waals surface area contributed by atoms with Crippen molar-refractivity contribution in [3.63, 3.8) is 0 Å². The van der Waals surface area contributed by atoms with Crippen molar-refractivity contribution in [1.29, 1.82) is 0 Å². The highest BCUT2D eigenvalue weighted by atomic mass is 35.5. The zero-order valence-corrected chi connectivity index (χ0v) is 9.01. The molecule has 78 valence electrons. The van der Waals surface area contributed by atoms with Crippen molar-refractivity contribution in [3.05, 3.63) is 17.4 Å². The van der Waals surface area contributed by atoms with Gasteiger partial charge in [0.2, 0.25) is 0 Å². The van der Waals surface area contributed by atoms with Gasteiger partial charge in [0.25, 0.3) is 0 Å². The predicted molar refractivity (Wildman–Crippen MR) is 56.2 cm³/mol. The van der Waals surface area contributed by atoms with E-state index in [2.05, 4.69) is 15.3 Å². The quantitative estimate of drug-likeness (QED) is 0.840. The molecule has 1 aromatic rings. The van der Waals surface area contributed by atoms with Gasteiger partial charge in [-0.1, -0.05) is 11.6 Å². The largest absolute Gasteiger partial charge is 0.459 e. The summed E-state index contributed by atoms with van der Waals surface area (Å²) in [6.45, 7) is 1.87. The number of hydrogen-bond donors (Lipinski definition) is 1. The van der Waals surface area contributed by atoms with Gasteiger partial charge in [-0.25, -0.2) is 9.97 Å². The van der Waals surface area contributed by atoms with Gasteiger partial charge in [0.1, 0.15) is 6.10 Å². The Kier molecular flexibility index (Phi) is 4.38. The zero-order valence-electron chi connectivity index (χ0n) is 7.44. The first-order valence-electron chi connectivity index (χ1n) is 4.19. The van der Waals surface area contributed by atoms with Gasteiger partial charge >= 0.3 is 6.01 Å². The van der Waals surface area contributed by atoms with Crippen LogP contribution < -0.4 is 10.1 Å². The number of aromatic nitrogens is 2. The van der Waals surface area contributed by atoms with Crippen LogP contribution in [0.15, 0.2) is 12.4 Å². The highest BCUT2D eigenvalue weighted by Gasteiger charge is 2.16. The summed E-state index contributed by atoms with van der Waals surface area (Å²) in [5.74, 6) is 0. The number of nitrogens with one attached hydrogen (secondary N) is 1. The van der Waals surface area contributed by atoms with Crippen LogP contribution in [0, 0.1) is 0 Å². The molecule has 2 rings (SSSR count). The first kappa shape index (κ1) is 11.5. The topological polar surface area (TPSA) is 47.0 Å². The first-order chi connectivity index (χ1) is 6.34. The van der Waals surface area contributed by atoms with Crippen LogP contribution in [0.25, 0.3) is 0 Å². The molecule has 1 saturated heterocycles. The maximum atomic E-state index is 5.64.